The molecule has 1 unspecified atom stereocenters. The third kappa shape index (κ3) is 4.78. The second-order valence-corrected chi connectivity index (χ2v) is 6.05. The molecule has 0 saturated heterocycles. The van der Waals surface area contributed by atoms with Crippen molar-refractivity contribution in [2.24, 2.45) is 11.1 Å². The fourth-order valence-electron chi connectivity index (χ4n) is 1.32. The van der Waals surface area contributed by atoms with Gasteiger partial charge in [-0.15, -0.1) is 11.3 Å². The highest BCUT2D eigenvalue weighted by Crippen LogP contribution is 2.19. The molecule has 0 amide bonds. The first-order valence-corrected chi connectivity index (χ1v) is 6.37. The highest BCUT2D eigenvalue weighted by atomic mass is 32.1. The zero-order chi connectivity index (χ0) is 11.3. The van der Waals surface area contributed by atoms with Crippen molar-refractivity contribution in [3.63, 3.8) is 0 Å². The Kier molecular flexibility index (Phi) is 4.77. The molecule has 1 aromatic heterocycles. The minimum atomic E-state index is 0.213. The number of rotatable bonds is 5. The lowest BCUT2D eigenvalue weighted by molar-refractivity contribution is 0.302. The van der Waals surface area contributed by atoms with Crippen molar-refractivity contribution in [2.45, 2.75) is 39.8 Å². The summed E-state index contributed by atoms with van der Waals surface area (Å²) < 4.78 is 0. The molecule has 0 radical (unpaired) electrons. The molecule has 0 aliphatic carbocycles. The third-order valence-electron chi connectivity index (χ3n) is 2.62. The average molecular weight is 226 g/mol. The van der Waals surface area contributed by atoms with Gasteiger partial charge in [-0.1, -0.05) is 26.8 Å². The number of thiophene rings is 1. The molecule has 3 N–H and O–H groups in total. The maximum absolute atomic E-state index is 6.07. The monoisotopic (exact) mass is 226 g/mol. The molecular weight excluding hydrogens is 204 g/mol. The van der Waals surface area contributed by atoms with Crippen LogP contribution in [0.5, 0.6) is 0 Å². The smallest absolute Gasteiger partial charge is 0.0299 e. The molecule has 1 heterocycles. The molecular formula is C12H22N2S. The van der Waals surface area contributed by atoms with Crippen LogP contribution in [-0.2, 0) is 6.54 Å². The number of hydrogen-bond donors (Lipinski definition) is 2. The lowest BCUT2D eigenvalue weighted by Crippen LogP contribution is -2.37. The van der Waals surface area contributed by atoms with Crippen LogP contribution < -0.4 is 11.1 Å². The Morgan fingerprint density at radius 2 is 2.20 bits per heavy atom. The zero-order valence-electron chi connectivity index (χ0n) is 9.92. The van der Waals surface area contributed by atoms with Gasteiger partial charge >= 0.3 is 0 Å². The minimum Gasteiger partial charge on any atom is -0.327 e. The SMILES string of the molecule is CC(C)(C)C(N)CCNCc1cccs1. The van der Waals surface area contributed by atoms with Crippen LogP contribution in [0.3, 0.4) is 0 Å². The average Bonchev–Trinajstić information content (AvgIpc) is 2.63. The molecule has 0 aromatic carbocycles. The van der Waals surface area contributed by atoms with Crippen molar-refractivity contribution in [3.8, 4) is 0 Å². The van der Waals surface area contributed by atoms with Gasteiger partial charge in [-0.3, -0.25) is 0 Å². The van der Waals surface area contributed by atoms with Gasteiger partial charge in [0.1, 0.15) is 0 Å². The van der Waals surface area contributed by atoms with Crippen LogP contribution in [0.1, 0.15) is 32.1 Å². The van der Waals surface area contributed by atoms with E-state index < -0.39 is 0 Å². The molecule has 2 nitrogen and oxygen atoms in total. The normalized spacial score (nSPS) is 14.1. The maximum atomic E-state index is 6.07. The van der Waals surface area contributed by atoms with Crippen LogP contribution >= 0.6 is 11.3 Å². The van der Waals surface area contributed by atoms with Gasteiger partial charge in [0.2, 0.25) is 0 Å². The molecule has 0 bridgehead atoms. The van der Waals surface area contributed by atoms with Crippen molar-refractivity contribution >= 4 is 11.3 Å². The highest BCUT2D eigenvalue weighted by Gasteiger charge is 2.19. The predicted octanol–water partition coefficient (Wildman–Crippen LogP) is 2.60. The van der Waals surface area contributed by atoms with E-state index in [1.165, 1.54) is 4.88 Å². The van der Waals surface area contributed by atoms with Gasteiger partial charge in [-0.2, -0.15) is 0 Å². The number of hydrogen-bond acceptors (Lipinski definition) is 3. The summed E-state index contributed by atoms with van der Waals surface area (Å²) in [5, 5.41) is 5.53. The second kappa shape index (κ2) is 5.64. The first-order chi connectivity index (χ1) is 7.00. The summed E-state index contributed by atoms with van der Waals surface area (Å²) in [4.78, 5) is 1.39. The Morgan fingerprint density at radius 1 is 1.47 bits per heavy atom. The molecule has 0 aliphatic heterocycles. The van der Waals surface area contributed by atoms with Crippen LogP contribution in [0.25, 0.3) is 0 Å². The molecule has 0 spiro atoms. The summed E-state index contributed by atoms with van der Waals surface area (Å²) in [6, 6.07) is 4.51. The fourth-order valence-corrected chi connectivity index (χ4v) is 1.99. The summed E-state index contributed by atoms with van der Waals surface area (Å²) in [7, 11) is 0. The van der Waals surface area contributed by atoms with Crippen molar-refractivity contribution < 1.29 is 0 Å². The van der Waals surface area contributed by atoms with Gasteiger partial charge in [-0.05, 0) is 29.8 Å². The Morgan fingerprint density at radius 3 is 2.73 bits per heavy atom. The van der Waals surface area contributed by atoms with E-state index in [1.54, 1.807) is 11.3 Å². The van der Waals surface area contributed by atoms with E-state index in [4.69, 9.17) is 5.73 Å². The summed E-state index contributed by atoms with van der Waals surface area (Å²) in [6.45, 7) is 8.54. The predicted molar refractivity (Wildman–Crippen MR) is 68.1 cm³/mol. The van der Waals surface area contributed by atoms with E-state index in [9.17, 15) is 0 Å². The second-order valence-electron chi connectivity index (χ2n) is 5.02. The first kappa shape index (κ1) is 12.7. The van der Waals surface area contributed by atoms with E-state index in [-0.39, 0.29) is 11.5 Å². The van der Waals surface area contributed by atoms with Gasteiger partial charge in [0.15, 0.2) is 0 Å². The van der Waals surface area contributed by atoms with Crippen molar-refractivity contribution in [1.29, 1.82) is 0 Å². The molecule has 1 atom stereocenters. The van der Waals surface area contributed by atoms with E-state index in [2.05, 4.69) is 43.6 Å². The van der Waals surface area contributed by atoms with E-state index in [0.717, 1.165) is 19.5 Å². The van der Waals surface area contributed by atoms with E-state index >= 15 is 0 Å². The molecule has 3 heteroatoms. The Balaban J connectivity index is 2.12. The van der Waals surface area contributed by atoms with Crippen LogP contribution in [0.15, 0.2) is 17.5 Å². The molecule has 1 aromatic rings. The van der Waals surface area contributed by atoms with Gasteiger partial charge in [0.25, 0.3) is 0 Å². The van der Waals surface area contributed by atoms with Gasteiger partial charge in [-0.25, -0.2) is 0 Å². The van der Waals surface area contributed by atoms with Crippen molar-refractivity contribution in [3.05, 3.63) is 22.4 Å². The quantitative estimate of drug-likeness (QED) is 0.757. The lowest BCUT2D eigenvalue weighted by atomic mass is 9.85. The summed E-state index contributed by atoms with van der Waals surface area (Å²) in [5.74, 6) is 0. The van der Waals surface area contributed by atoms with Crippen LogP contribution in [0.2, 0.25) is 0 Å². The van der Waals surface area contributed by atoms with Gasteiger partial charge < -0.3 is 11.1 Å². The topological polar surface area (TPSA) is 38.0 Å². The summed E-state index contributed by atoms with van der Waals surface area (Å²) in [5.41, 5.74) is 6.29. The van der Waals surface area contributed by atoms with Gasteiger partial charge in [0, 0.05) is 17.5 Å². The standard InChI is InChI=1S/C12H22N2S/c1-12(2,3)11(13)6-7-14-9-10-5-4-8-15-10/h4-5,8,11,14H,6-7,9,13H2,1-3H3. The Bertz CT molecular complexity index is 262. The summed E-state index contributed by atoms with van der Waals surface area (Å²) >= 11 is 1.79. The third-order valence-corrected chi connectivity index (χ3v) is 3.50. The fraction of sp³-hybridized carbons (Fsp3) is 0.667. The molecule has 1 rings (SSSR count). The molecule has 15 heavy (non-hydrogen) atoms. The molecule has 86 valence electrons. The van der Waals surface area contributed by atoms with Crippen LogP contribution in [0.4, 0.5) is 0 Å². The minimum absolute atomic E-state index is 0.213. The van der Waals surface area contributed by atoms with Crippen LogP contribution in [-0.4, -0.2) is 12.6 Å². The van der Waals surface area contributed by atoms with E-state index in [0.29, 0.717) is 0 Å². The maximum Gasteiger partial charge on any atom is 0.0299 e. The highest BCUT2D eigenvalue weighted by molar-refractivity contribution is 7.09. The zero-order valence-corrected chi connectivity index (χ0v) is 10.7. The van der Waals surface area contributed by atoms with Crippen molar-refractivity contribution in [2.75, 3.05) is 6.54 Å². The molecule has 0 aliphatic rings. The molecule has 0 saturated carbocycles. The lowest BCUT2D eigenvalue weighted by Gasteiger charge is -2.27. The first-order valence-electron chi connectivity index (χ1n) is 5.49. The van der Waals surface area contributed by atoms with E-state index in [1.807, 2.05) is 0 Å². The van der Waals surface area contributed by atoms with Gasteiger partial charge in [0.05, 0.1) is 0 Å². The van der Waals surface area contributed by atoms with Crippen LogP contribution in [0, 0.1) is 5.41 Å². The Labute approximate surface area is 96.9 Å². The largest absolute Gasteiger partial charge is 0.327 e. The molecule has 0 fully saturated rings. The summed E-state index contributed by atoms with van der Waals surface area (Å²) in [6.07, 6.45) is 1.04. The number of nitrogens with two attached hydrogens (primary N) is 1. The Hall–Kier alpha value is -0.380. The van der Waals surface area contributed by atoms with Crippen molar-refractivity contribution in [1.82, 2.24) is 5.32 Å². The number of nitrogens with one attached hydrogen (secondary N) is 1.